The van der Waals surface area contributed by atoms with Crippen LogP contribution in [0.15, 0.2) is 29.3 Å². The van der Waals surface area contributed by atoms with Crippen LogP contribution in [0.25, 0.3) is 10.2 Å². The Morgan fingerprint density at radius 3 is 2.81 bits per heavy atom. The number of nitrogens with one attached hydrogen (secondary N) is 1. The number of anilines is 1. The van der Waals surface area contributed by atoms with E-state index in [1.807, 2.05) is 0 Å². The maximum atomic E-state index is 13.0. The lowest BCUT2D eigenvalue weighted by Gasteiger charge is -2.12. The van der Waals surface area contributed by atoms with Gasteiger partial charge in [0.2, 0.25) is 5.91 Å². The number of rotatable bonds is 6. The highest BCUT2D eigenvalue weighted by Crippen LogP contribution is 2.33. The largest absolute Gasteiger partial charge is 0.497 e. The molecule has 1 aromatic carbocycles. The second-order valence-corrected chi connectivity index (χ2v) is 8.42. The van der Waals surface area contributed by atoms with E-state index in [0.29, 0.717) is 16.8 Å². The summed E-state index contributed by atoms with van der Waals surface area (Å²) in [4.78, 5) is 44.1. The lowest BCUT2D eigenvalue weighted by atomic mass is 9.97. The van der Waals surface area contributed by atoms with Crippen molar-refractivity contribution in [3.05, 3.63) is 50.9 Å². The molecule has 2 aromatic heterocycles. The van der Waals surface area contributed by atoms with Crippen LogP contribution in [0.3, 0.4) is 0 Å². The molecular formula is C22H23N3O5S. The highest BCUT2D eigenvalue weighted by molar-refractivity contribution is 7.18. The molecule has 0 fully saturated rings. The van der Waals surface area contributed by atoms with Crippen LogP contribution in [0.2, 0.25) is 0 Å². The van der Waals surface area contributed by atoms with Crippen molar-refractivity contribution >= 4 is 39.1 Å². The van der Waals surface area contributed by atoms with Crippen molar-refractivity contribution in [1.29, 1.82) is 0 Å². The van der Waals surface area contributed by atoms with E-state index in [1.54, 1.807) is 23.5 Å². The van der Waals surface area contributed by atoms with Crippen LogP contribution in [0.1, 0.15) is 40.1 Å². The number of methoxy groups -OCH3 is 2. The molecule has 4 rings (SSSR count). The van der Waals surface area contributed by atoms with Crippen molar-refractivity contribution in [3.63, 3.8) is 0 Å². The summed E-state index contributed by atoms with van der Waals surface area (Å²) in [7, 11) is 2.76. The number of nitrogens with zero attached hydrogens (tertiary/aromatic N) is 2. The summed E-state index contributed by atoms with van der Waals surface area (Å²) in [6.07, 6.45) is 5.71. The summed E-state index contributed by atoms with van der Waals surface area (Å²) in [5.74, 6) is -0.430. The first kappa shape index (κ1) is 21.0. The lowest BCUT2D eigenvalue weighted by Crippen LogP contribution is -2.24. The summed E-state index contributed by atoms with van der Waals surface area (Å²) in [6.45, 7) is 0.196. The number of ether oxygens (including phenoxy) is 2. The molecule has 9 heteroatoms. The van der Waals surface area contributed by atoms with Gasteiger partial charge in [-0.25, -0.2) is 9.78 Å². The van der Waals surface area contributed by atoms with Crippen molar-refractivity contribution in [2.45, 2.75) is 38.6 Å². The Hall–Kier alpha value is -3.20. The van der Waals surface area contributed by atoms with Crippen molar-refractivity contribution in [3.8, 4) is 5.75 Å². The van der Waals surface area contributed by atoms with Crippen LogP contribution < -0.4 is 15.6 Å². The average Bonchev–Trinajstić information content (AvgIpc) is 3.17. The molecule has 0 radical (unpaired) electrons. The van der Waals surface area contributed by atoms with Crippen molar-refractivity contribution in [2.24, 2.45) is 0 Å². The first-order valence-corrected chi connectivity index (χ1v) is 10.9. The Bertz CT molecular complexity index is 1210. The third-order valence-corrected chi connectivity index (χ3v) is 6.63. The third kappa shape index (κ3) is 4.18. The van der Waals surface area contributed by atoms with E-state index >= 15 is 0 Å². The number of fused-ring (bicyclic) bond motifs is 3. The van der Waals surface area contributed by atoms with Crippen LogP contribution in [0.4, 0.5) is 5.69 Å². The summed E-state index contributed by atoms with van der Waals surface area (Å²) in [5.41, 5.74) is 1.55. The quantitative estimate of drug-likeness (QED) is 0.590. The van der Waals surface area contributed by atoms with Gasteiger partial charge < -0.3 is 14.8 Å². The third-order valence-electron chi connectivity index (χ3n) is 5.43. The molecule has 0 saturated heterocycles. The fourth-order valence-electron chi connectivity index (χ4n) is 3.81. The van der Waals surface area contributed by atoms with Gasteiger partial charge in [0.25, 0.3) is 5.56 Å². The van der Waals surface area contributed by atoms with E-state index in [-0.39, 0.29) is 30.0 Å². The second-order valence-electron chi connectivity index (χ2n) is 7.34. The van der Waals surface area contributed by atoms with Gasteiger partial charge in [0.1, 0.15) is 10.6 Å². The van der Waals surface area contributed by atoms with Gasteiger partial charge in [0.05, 0.1) is 37.2 Å². The zero-order valence-electron chi connectivity index (χ0n) is 17.4. The Kier molecular flexibility index (Phi) is 6.03. The molecule has 1 amide bonds. The summed E-state index contributed by atoms with van der Waals surface area (Å²) < 4.78 is 11.4. The number of carbonyl (C=O) groups excluding carboxylic acids is 2. The average molecular weight is 442 g/mol. The fourth-order valence-corrected chi connectivity index (χ4v) is 5.03. The molecule has 0 unspecified atom stereocenters. The second kappa shape index (κ2) is 8.89. The van der Waals surface area contributed by atoms with Crippen molar-refractivity contribution in [1.82, 2.24) is 9.55 Å². The number of aromatic nitrogens is 2. The van der Waals surface area contributed by atoms with E-state index in [0.717, 1.165) is 36.1 Å². The number of hydrogen-bond donors (Lipinski definition) is 1. The molecule has 0 spiro atoms. The minimum atomic E-state index is -0.581. The number of thiophene rings is 1. The summed E-state index contributed by atoms with van der Waals surface area (Å²) in [5, 5.41) is 3.42. The molecule has 8 nitrogen and oxygen atoms in total. The summed E-state index contributed by atoms with van der Waals surface area (Å²) >= 11 is 1.60. The number of carbonyl (C=O) groups is 2. The van der Waals surface area contributed by atoms with Gasteiger partial charge in [-0.2, -0.15) is 0 Å². The molecule has 1 N–H and O–H groups in total. The van der Waals surface area contributed by atoms with Crippen LogP contribution >= 0.6 is 11.3 Å². The number of amides is 1. The molecule has 0 aliphatic heterocycles. The number of hydrogen-bond acceptors (Lipinski definition) is 7. The van der Waals surface area contributed by atoms with Crippen molar-refractivity contribution < 1.29 is 19.1 Å². The Balaban J connectivity index is 1.51. The minimum absolute atomic E-state index is 0.0616. The molecule has 3 aromatic rings. The van der Waals surface area contributed by atoms with Gasteiger partial charge in [0, 0.05) is 17.8 Å². The van der Waals surface area contributed by atoms with Gasteiger partial charge in [0.15, 0.2) is 0 Å². The van der Waals surface area contributed by atoms with E-state index in [9.17, 15) is 14.4 Å². The predicted molar refractivity (Wildman–Crippen MR) is 118 cm³/mol. The molecule has 31 heavy (non-hydrogen) atoms. The first-order chi connectivity index (χ1) is 15.0. The Morgan fingerprint density at radius 2 is 2.03 bits per heavy atom. The lowest BCUT2D eigenvalue weighted by molar-refractivity contribution is -0.116. The van der Waals surface area contributed by atoms with Crippen LogP contribution in [-0.2, 0) is 28.9 Å². The molecule has 0 atom stereocenters. The van der Waals surface area contributed by atoms with E-state index in [4.69, 9.17) is 9.47 Å². The molecule has 162 valence electrons. The van der Waals surface area contributed by atoms with E-state index < -0.39 is 5.97 Å². The monoisotopic (exact) mass is 441 g/mol. The van der Waals surface area contributed by atoms with Gasteiger partial charge in [-0.05, 0) is 49.4 Å². The highest BCUT2D eigenvalue weighted by atomic mass is 32.1. The Labute approximate surface area is 182 Å². The smallest absolute Gasteiger partial charge is 0.340 e. The molecule has 1 aliphatic carbocycles. The SMILES string of the molecule is COC(=O)c1cc(OC)ccc1NC(=O)CCn1cnc2sc3c(c2c1=O)CCCC3. The molecule has 0 bridgehead atoms. The normalized spacial score (nSPS) is 13.0. The maximum absolute atomic E-state index is 13.0. The topological polar surface area (TPSA) is 99.5 Å². The molecule has 0 saturated carbocycles. The van der Waals surface area contributed by atoms with Gasteiger partial charge >= 0.3 is 5.97 Å². The standard InChI is InChI=1S/C22H23N3O5S/c1-29-13-7-8-16(15(11-13)22(28)30-2)24-18(26)9-10-25-12-23-20-19(21(25)27)14-5-3-4-6-17(14)31-20/h7-8,11-12H,3-6,9-10H2,1-2H3,(H,24,26). The zero-order chi connectivity index (χ0) is 22.0. The van der Waals surface area contributed by atoms with Gasteiger partial charge in [-0.15, -0.1) is 11.3 Å². The fraction of sp³-hybridized carbons (Fsp3) is 0.364. The van der Waals surface area contributed by atoms with Crippen molar-refractivity contribution in [2.75, 3.05) is 19.5 Å². The van der Waals surface area contributed by atoms with Crippen LogP contribution in [0.5, 0.6) is 5.75 Å². The van der Waals surface area contributed by atoms with Crippen LogP contribution in [0, 0.1) is 0 Å². The zero-order valence-corrected chi connectivity index (χ0v) is 18.2. The maximum Gasteiger partial charge on any atom is 0.340 e. The van der Waals surface area contributed by atoms with Gasteiger partial charge in [-0.3, -0.25) is 14.2 Å². The number of esters is 1. The predicted octanol–water partition coefficient (Wildman–Crippen LogP) is 3.16. The molecule has 1 aliphatic rings. The highest BCUT2D eigenvalue weighted by Gasteiger charge is 2.20. The Morgan fingerprint density at radius 1 is 1.23 bits per heavy atom. The number of aryl methyl sites for hydroxylation is 3. The first-order valence-electron chi connectivity index (χ1n) is 10.1. The van der Waals surface area contributed by atoms with Crippen LogP contribution in [-0.4, -0.2) is 35.6 Å². The van der Waals surface area contributed by atoms with E-state index in [1.165, 1.54) is 36.1 Å². The molecule has 2 heterocycles. The van der Waals surface area contributed by atoms with E-state index in [2.05, 4.69) is 10.3 Å². The summed E-state index contributed by atoms with van der Waals surface area (Å²) in [6, 6.07) is 4.73. The molecular weight excluding hydrogens is 418 g/mol. The minimum Gasteiger partial charge on any atom is -0.497 e. The van der Waals surface area contributed by atoms with Gasteiger partial charge in [-0.1, -0.05) is 0 Å². The number of benzene rings is 1.